The average Bonchev–Trinajstić information content (AvgIpc) is 2.84. The Labute approximate surface area is 138 Å². The number of carbonyl (C=O) groups excluding carboxylic acids is 1. The molecule has 2 aliphatic rings. The molecule has 2 aliphatic heterocycles. The molecule has 0 bridgehead atoms. The van der Waals surface area contributed by atoms with Gasteiger partial charge in [-0.1, -0.05) is 17.2 Å². The second-order valence-corrected chi connectivity index (χ2v) is 6.80. The van der Waals surface area contributed by atoms with Crippen LogP contribution < -0.4 is 4.74 Å². The number of rotatable bonds is 1. The van der Waals surface area contributed by atoms with Gasteiger partial charge in [0.15, 0.2) is 11.3 Å². The Balaban J connectivity index is 2.11. The van der Waals surface area contributed by atoms with E-state index in [1.165, 1.54) is 16.5 Å². The zero-order valence-corrected chi connectivity index (χ0v) is 14.1. The van der Waals surface area contributed by atoms with Crippen LogP contribution in [0.4, 0.5) is 4.79 Å². The molecule has 0 spiro atoms. The zero-order chi connectivity index (χ0) is 17.1. The SMILES string of the molecule is CC1=C[C@]2(C)Oc3c(c(O)n(C)c3O)[C@@H]2N(C(=O)OC(C)Cl)C1. The van der Waals surface area contributed by atoms with Crippen molar-refractivity contribution in [3.8, 4) is 17.5 Å². The van der Waals surface area contributed by atoms with Gasteiger partial charge in [-0.05, 0) is 26.8 Å². The predicted octanol–water partition coefficient (Wildman–Crippen LogP) is 2.61. The number of fused-ring (bicyclic) bond motifs is 3. The second kappa shape index (κ2) is 4.99. The molecule has 126 valence electrons. The van der Waals surface area contributed by atoms with Crippen LogP contribution in [0.15, 0.2) is 11.6 Å². The highest BCUT2D eigenvalue weighted by molar-refractivity contribution is 6.19. The molecular weight excluding hydrogens is 324 g/mol. The van der Waals surface area contributed by atoms with Gasteiger partial charge in [-0.25, -0.2) is 4.79 Å². The number of nitrogens with zero attached hydrogens (tertiary/aromatic N) is 2. The Morgan fingerprint density at radius 2 is 2.17 bits per heavy atom. The molecule has 23 heavy (non-hydrogen) atoms. The van der Waals surface area contributed by atoms with Gasteiger partial charge in [0, 0.05) is 13.6 Å². The molecule has 0 aromatic carbocycles. The summed E-state index contributed by atoms with van der Waals surface area (Å²) in [4.78, 5) is 13.9. The molecule has 1 aromatic rings. The van der Waals surface area contributed by atoms with Crippen LogP contribution in [0.1, 0.15) is 32.4 Å². The maximum absolute atomic E-state index is 12.4. The van der Waals surface area contributed by atoms with Crippen molar-refractivity contribution in [2.75, 3.05) is 6.54 Å². The minimum Gasteiger partial charge on any atom is -0.494 e. The molecule has 3 atom stereocenters. The van der Waals surface area contributed by atoms with E-state index in [9.17, 15) is 15.0 Å². The molecule has 0 radical (unpaired) electrons. The van der Waals surface area contributed by atoms with E-state index >= 15 is 0 Å². The Hall–Kier alpha value is -2.02. The average molecular weight is 343 g/mol. The standard InChI is InChI=1S/C15H19ClN2O5/c1-7-5-15(3)11(18(6-7)14(21)22-8(2)16)9-10(23-15)13(20)17(4)12(9)19/h5,8,11,19-20H,6H2,1-4H3/t8?,11-,15-/m0/s1. The van der Waals surface area contributed by atoms with E-state index in [1.807, 2.05) is 13.0 Å². The number of aromatic hydroxyl groups is 2. The third kappa shape index (κ3) is 2.22. The van der Waals surface area contributed by atoms with Gasteiger partial charge in [0.05, 0.1) is 5.56 Å². The first-order chi connectivity index (χ1) is 10.7. The van der Waals surface area contributed by atoms with Gasteiger partial charge in [0.25, 0.3) is 0 Å². The smallest absolute Gasteiger partial charge is 0.412 e. The van der Waals surface area contributed by atoms with Crippen molar-refractivity contribution in [1.82, 2.24) is 9.47 Å². The molecule has 0 saturated carbocycles. The number of aromatic nitrogens is 1. The van der Waals surface area contributed by atoms with Crippen molar-refractivity contribution in [1.29, 1.82) is 0 Å². The lowest BCUT2D eigenvalue weighted by molar-refractivity contribution is 0.0250. The first-order valence-corrected chi connectivity index (χ1v) is 7.68. The second-order valence-electron chi connectivity index (χ2n) is 6.18. The molecule has 1 amide bonds. The van der Waals surface area contributed by atoms with Crippen LogP contribution >= 0.6 is 11.6 Å². The Morgan fingerprint density at radius 1 is 1.52 bits per heavy atom. The van der Waals surface area contributed by atoms with Gasteiger partial charge in [-0.2, -0.15) is 0 Å². The summed E-state index contributed by atoms with van der Waals surface area (Å²) >= 11 is 5.76. The number of carbonyl (C=O) groups is 1. The van der Waals surface area contributed by atoms with Crippen LogP contribution in [0, 0.1) is 0 Å². The fourth-order valence-electron chi connectivity index (χ4n) is 3.41. The molecular formula is C15H19ClN2O5. The lowest BCUT2D eigenvalue weighted by Crippen LogP contribution is -2.50. The highest BCUT2D eigenvalue weighted by Gasteiger charge is 2.55. The van der Waals surface area contributed by atoms with Crippen molar-refractivity contribution in [2.45, 2.75) is 38.0 Å². The highest BCUT2D eigenvalue weighted by Crippen LogP contribution is 2.57. The summed E-state index contributed by atoms with van der Waals surface area (Å²) in [5.41, 5.74) is -0.392. The minimum absolute atomic E-state index is 0.143. The molecule has 8 heteroatoms. The summed E-state index contributed by atoms with van der Waals surface area (Å²) < 4.78 is 12.2. The summed E-state index contributed by atoms with van der Waals surface area (Å²) in [5, 5.41) is 20.5. The Kier molecular flexibility index (Phi) is 3.44. The van der Waals surface area contributed by atoms with Crippen molar-refractivity contribution < 1.29 is 24.5 Å². The van der Waals surface area contributed by atoms with E-state index in [4.69, 9.17) is 21.1 Å². The largest absolute Gasteiger partial charge is 0.494 e. The molecule has 2 N–H and O–H groups in total. The first-order valence-electron chi connectivity index (χ1n) is 7.25. The fraction of sp³-hybridized carbons (Fsp3) is 0.533. The van der Waals surface area contributed by atoms with Gasteiger partial charge >= 0.3 is 6.09 Å². The number of halogens is 1. The molecule has 3 rings (SSSR count). The van der Waals surface area contributed by atoms with E-state index in [0.29, 0.717) is 12.1 Å². The molecule has 0 aliphatic carbocycles. The van der Waals surface area contributed by atoms with Gasteiger partial charge in [0.2, 0.25) is 11.8 Å². The van der Waals surface area contributed by atoms with E-state index in [1.54, 1.807) is 13.8 Å². The van der Waals surface area contributed by atoms with Crippen molar-refractivity contribution in [2.24, 2.45) is 7.05 Å². The molecule has 1 aromatic heterocycles. The third-order valence-corrected chi connectivity index (χ3v) is 4.31. The van der Waals surface area contributed by atoms with Crippen LogP contribution in [0.2, 0.25) is 0 Å². The molecule has 1 unspecified atom stereocenters. The molecule has 3 heterocycles. The van der Waals surface area contributed by atoms with Gasteiger partial charge < -0.3 is 19.7 Å². The van der Waals surface area contributed by atoms with E-state index in [2.05, 4.69) is 0 Å². The molecule has 0 fully saturated rings. The maximum atomic E-state index is 12.4. The maximum Gasteiger partial charge on any atom is 0.412 e. The number of ether oxygens (including phenoxy) is 2. The number of amides is 1. The highest BCUT2D eigenvalue weighted by atomic mass is 35.5. The first kappa shape index (κ1) is 15.9. The summed E-state index contributed by atoms with van der Waals surface area (Å²) in [6.07, 6.45) is 1.29. The van der Waals surface area contributed by atoms with Crippen LogP contribution in [0.25, 0.3) is 0 Å². The Morgan fingerprint density at radius 3 is 2.78 bits per heavy atom. The van der Waals surface area contributed by atoms with Gasteiger partial charge in [-0.15, -0.1) is 0 Å². The Bertz CT molecular complexity index is 711. The van der Waals surface area contributed by atoms with Crippen LogP contribution in [0.5, 0.6) is 17.5 Å². The minimum atomic E-state index is -0.898. The summed E-state index contributed by atoms with van der Waals surface area (Å²) in [6.45, 7) is 5.54. The number of hydrogen-bond donors (Lipinski definition) is 2. The van der Waals surface area contributed by atoms with Gasteiger partial charge in [0.1, 0.15) is 11.6 Å². The molecule has 0 saturated heterocycles. The number of hydrogen-bond acceptors (Lipinski definition) is 5. The topological polar surface area (TPSA) is 84.2 Å². The lowest BCUT2D eigenvalue weighted by atomic mass is 9.87. The molecule has 7 nitrogen and oxygen atoms in total. The van der Waals surface area contributed by atoms with E-state index < -0.39 is 23.3 Å². The normalized spacial score (nSPS) is 26.9. The monoisotopic (exact) mass is 342 g/mol. The van der Waals surface area contributed by atoms with Gasteiger partial charge in [-0.3, -0.25) is 9.47 Å². The lowest BCUT2D eigenvalue weighted by Gasteiger charge is -2.40. The predicted molar refractivity (Wildman–Crippen MR) is 82.8 cm³/mol. The van der Waals surface area contributed by atoms with Crippen LogP contribution in [-0.4, -0.2) is 43.5 Å². The van der Waals surface area contributed by atoms with Crippen molar-refractivity contribution >= 4 is 17.7 Å². The fourth-order valence-corrected chi connectivity index (χ4v) is 3.49. The summed E-state index contributed by atoms with van der Waals surface area (Å²) in [6, 6.07) is -0.615. The zero-order valence-electron chi connectivity index (χ0n) is 13.3. The van der Waals surface area contributed by atoms with Crippen molar-refractivity contribution in [3.63, 3.8) is 0 Å². The van der Waals surface area contributed by atoms with Crippen LogP contribution in [-0.2, 0) is 11.8 Å². The summed E-state index contributed by atoms with van der Waals surface area (Å²) in [7, 11) is 1.51. The van der Waals surface area contributed by atoms with Crippen LogP contribution in [0.3, 0.4) is 0 Å². The summed E-state index contributed by atoms with van der Waals surface area (Å²) in [5.74, 6) is -0.144. The van der Waals surface area contributed by atoms with Crippen molar-refractivity contribution in [3.05, 3.63) is 17.2 Å². The number of alkyl halides is 1. The quantitative estimate of drug-likeness (QED) is 0.605. The third-order valence-electron chi connectivity index (χ3n) is 4.22. The van der Waals surface area contributed by atoms with E-state index in [-0.39, 0.29) is 17.5 Å². The van der Waals surface area contributed by atoms with E-state index in [0.717, 1.165) is 5.57 Å².